The van der Waals surface area contributed by atoms with Crippen molar-refractivity contribution < 1.29 is 14.3 Å². The molecule has 1 fully saturated rings. The molecular weight excluding hydrogens is 246 g/mol. The minimum Gasteiger partial charge on any atom is -0.464 e. The second-order valence-electron chi connectivity index (χ2n) is 5.09. The Hall–Kier alpha value is -1.14. The molecule has 1 aliphatic rings. The molecule has 3 N–H and O–H groups in total. The summed E-state index contributed by atoms with van der Waals surface area (Å²) in [5, 5.41) is 2.70. The third-order valence-electron chi connectivity index (χ3n) is 3.22. The second kappa shape index (κ2) is 8.12. The van der Waals surface area contributed by atoms with Gasteiger partial charge in [-0.15, -0.1) is 0 Å². The molecule has 2 atom stereocenters. The summed E-state index contributed by atoms with van der Waals surface area (Å²) in [6.07, 6.45) is 2.51. The number of hydrogen-bond acceptors (Lipinski definition) is 5. The topological polar surface area (TPSA) is 84.7 Å². The first-order valence-corrected chi connectivity index (χ1v) is 6.96. The summed E-state index contributed by atoms with van der Waals surface area (Å²) >= 11 is 0. The maximum absolute atomic E-state index is 11.7. The molecule has 0 aliphatic carbocycles. The fourth-order valence-electron chi connectivity index (χ4n) is 2.19. The highest BCUT2D eigenvalue weighted by molar-refractivity contribution is 6.01. The summed E-state index contributed by atoms with van der Waals surface area (Å²) in [6.45, 7) is 7.76. The Morgan fingerprint density at radius 3 is 2.58 bits per heavy atom. The van der Waals surface area contributed by atoms with Gasteiger partial charge in [0.05, 0.1) is 6.61 Å². The summed E-state index contributed by atoms with van der Waals surface area (Å²) in [4.78, 5) is 25.3. The van der Waals surface area contributed by atoms with Crippen LogP contribution in [0.25, 0.3) is 0 Å². The lowest BCUT2D eigenvalue weighted by molar-refractivity contribution is -0.148. The van der Waals surface area contributed by atoms with Crippen molar-refractivity contribution in [2.75, 3.05) is 32.8 Å². The Morgan fingerprint density at radius 2 is 2.00 bits per heavy atom. The van der Waals surface area contributed by atoms with E-state index in [1.54, 1.807) is 6.92 Å². The maximum Gasteiger partial charge on any atom is 0.332 e. The van der Waals surface area contributed by atoms with Crippen LogP contribution >= 0.6 is 0 Å². The number of likely N-dealkylation sites (tertiary alicyclic amines) is 1. The van der Waals surface area contributed by atoms with E-state index in [2.05, 4.69) is 17.1 Å². The molecule has 0 radical (unpaired) electrons. The third kappa shape index (κ3) is 5.57. The lowest BCUT2D eigenvalue weighted by Gasteiger charge is -2.21. The van der Waals surface area contributed by atoms with E-state index in [1.165, 1.54) is 12.8 Å². The van der Waals surface area contributed by atoms with Crippen LogP contribution in [0.4, 0.5) is 0 Å². The zero-order chi connectivity index (χ0) is 14.3. The molecule has 0 bridgehead atoms. The molecule has 0 saturated carbocycles. The van der Waals surface area contributed by atoms with E-state index in [9.17, 15) is 9.59 Å². The molecule has 1 heterocycles. The van der Waals surface area contributed by atoms with E-state index in [0.717, 1.165) is 19.6 Å². The van der Waals surface area contributed by atoms with Gasteiger partial charge in [0.2, 0.25) is 5.91 Å². The SMILES string of the molecule is CCOC(=O)C(N)C(=O)NCC(C)CN1CCCC1. The predicted octanol–water partition coefficient (Wildman–Crippen LogP) is -0.275. The first kappa shape index (κ1) is 15.9. The number of hydrogen-bond donors (Lipinski definition) is 2. The smallest absolute Gasteiger partial charge is 0.332 e. The second-order valence-corrected chi connectivity index (χ2v) is 5.09. The highest BCUT2D eigenvalue weighted by Crippen LogP contribution is 2.09. The van der Waals surface area contributed by atoms with E-state index < -0.39 is 17.9 Å². The van der Waals surface area contributed by atoms with Crippen molar-refractivity contribution in [1.82, 2.24) is 10.2 Å². The third-order valence-corrected chi connectivity index (χ3v) is 3.22. The molecule has 0 aromatic rings. The molecule has 1 rings (SSSR count). The molecule has 0 aromatic carbocycles. The largest absolute Gasteiger partial charge is 0.464 e. The average molecular weight is 271 g/mol. The first-order valence-electron chi connectivity index (χ1n) is 6.96. The monoisotopic (exact) mass is 271 g/mol. The van der Waals surface area contributed by atoms with Crippen LogP contribution in [0.3, 0.4) is 0 Å². The highest BCUT2D eigenvalue weighted by Gasteiger charge is 2.23. The van der Waals surface area contributed by atoms with Crippen molar-refractivity contribution in [3.8, 4) is 0 Å². The highest BCUT2D eigenvalue weighted by atomic mass is 16.5. The molecule has 110 valence electrons. The maximum atomic E-state index is 11.7. The van der Waals surface area contributed by atoms with E-state index in [4.69, 9.17) is 10.5 Å². The number of amides is 1. The molecule has 0 spiro atoms. The Balaban J connectivity index is 2.22. The van der Waals surface area contributed by atoms with Crippen LogP contribution in [0.1, 0.15) is 26.7 Å². The van der Waals surface area contributed by atoms with Gasteiger partial charge in [0, 0.05) is 13.1 Å². The van der Waals surface area contributed by atoms with E-state index in [-0.39, 0.29) is 6.61 Å². The van der Waals surface area contributed by atoms with E-state index >= 15 is 0 Å². The van der Waals surface area contributed by atoms with Crippen LogP contribution in [0.2, 0.25) is 0 Å². The number of ether oxygens (including phenoxy) is 1. The molecule has 1 aliphatic heterocycles. The van der Waals surface area contributed by atoms with Gasteiger partial charge in [-0.25, -0.2) is 4.79 Å². The fourth-order valence-corrected chi connectivity index (χ4v) is 2.19. The quantitative estimate of drug-likeness (QED) is 0.491. The fraction of sp³-hybridized carbons (Fsp3) is 0.846. The van der Waals surface area contributed by atoms with Gasteiger partial charge in [0.15, 0.2) is 6.04 Å². The summed E-state index contributed by atoms with van der Waals surface area (Å²) in [7, 11) is 0. The molecule has 0 aromatic heterocycles. The van der Waals surface area contributed by atoms with Crippen molar-refractivity contribution in [3.05, 3.63) is 0 Å². The van der Waals surface area contributed by atoms with Crippen LogP contribution in [0.15, 0.2) is 0 Å². The van der Waals surface area contributed by atoms with E-state index in [1.807, 2.05) is 0 Å². The number of nitrogens with zero attached hydrogens (tertiary/aromatic N) is 1. The van der Waals surface area contributed by atoms with Crippen molar-refractivity contribution in [2.24, 2.45) is 11.7 Å². The molecule has 6 heteroatoms. The number of nitrogens with one attached hydrogen (secondary N) is 1. The zero-order valence-corrected chi connectivity index (χ0v) is 11.9. The normalized spacial score (nSPS) is 18.9. The summed E-state index contributed by atoms with van der Waals surface area (Å²) in [6, 6.07) is -1.22. The molecule has 2 unspecified atom stereocenters. The van der Waals surface area contributed by atoms with Crippen LogP contribution in [0.5, 0.6) is 0 Å². The Kier molecular flexibility index (Phi) is 6.80. The van der Waals surface area contributed by atoms with Crippen molar-refractivity contribution in [2.45, 2.75) is 32.7 Å². The Bertz CT molecular complexity index is 304. The summed E-state index contributed by atoms with van der Waals surface area (Å²) < 4.78 is 4.71. The summed E-state index contributed by atoms with van der Waals surface area (Å²) in [5.74, 6) is -0.796. The van der Waals surface area contributed by atoms with Gasteiger partial charge in [0.1, 0.15) is 0 Å². The van der Waals surface area contributed by atoms with Crippen molar-refractivity contribution in [1.29, 1.82) is 0 Å². The number of nitrogens with two attached hydrogens (primary N) is 1. The Labute approximate surface area is 114 Å². The van der Waals surface area contributed by atoms with Crippen LogP contribution < -0.4 is 11.1 Å². The van der Waals surface area contributed by atoms with Gasteiger partial charge in [0.25, 0.3) is 0 Å². The lowest BCUT2D eigenvalue weighted by Crippen LogP contribution is -2.48. The molecule has 19 heavy (non-hydrogen) atoms. The van der Waals surface area contributed by atoms with Crippen molar-refractivity contribution in [3.63, 3.8) is 0 Å². The van der Waals surface area contributed by atoms with Crippen LogP contribution in [-0.2, 0) is 14.3 Å². The van der Waals surface area contributed by atoms with Gasteiger partial charge < -0.3 is 20.7 Å². The van der Waals surface area contributed by atoms with Gasteiger partial charge in [-0.1, -0.05) is 6.92 Å². The number of carbonyl (C=O) groups excluding carboxylic acids is 2. The zero-order valence-electron chi connectivity index (χ0n) is 11.9. The number of rotatable bonds is 7. The minimum absolute atomic E-state index is 0.227. The van der Waals surface area contributed by atoms with Gasteiger partial charge in [-0.2, -0.15) is 0 Å². The number of esters is 1. The van der Waals surface area contributed by atoms with Gasteiger partial charge >= 0.3 is 5.97 Å². The summed E-state index contributed by atoms with van der Waals surface area (Å²) in [5.41, 5.74) is 5.50. The average Bonchev–Trinajstić information content (AvgIpc) is 2.88. The number of carbonyl (C=O) groups is 2. The molecule has 1 amide bonds. The van der Waals surface area contributed by atoms with Gasteiger partial charge in [-0.05, 0) is 38.8 Å². The minimum atomic E-state index is -1.22. The predicted molar refractivity (Wildman–Crippen MR) is 72.5 cm³/mol. The standard InChI is InChI=1S/C13H25N3O3/c1-3-19-13(18)11(14)12(17)15-8-10(2)9-16-6-4-5-7-16/h10-11H,3-9,14H2,1-2H3,(H,15,17). The Morgan fingerprint density at radius 1 is 1.37 bits per heavy atom. The molecular formula is C13H25N3O3. The van der Waals surface area contributed by atoms with Crippen LogP contribution in [-0.4, -0.2) is 55.6 Å². The molecule has 6 nitrogen and oxygen atoms in total. The molecule has 1 saturated heterocycles. The first-order chi connectivity index (χ1) is 9.04. The van der Waals surface area contributed by atoms with Gasteiger partial charge in [-0.3, -0.25) is 4.79 Å². The lowest BCUT2D eigenvalue weighted by atomic mass is 10.1. The van der Waals surface area contributed by atoms with Crippen LogP contribution in [0, 0.1) is 5.92 Å². The van der Waals surface area contributed by atoms with E-state index in [0.29, 0.717) is 12.5 Å². The van der Waals surface area contributed by atoms with Crippen molar-refractivity contribution >= 4 is 11.9 Å².